The van der Waals surface area contributed by atoms with Crippen molar-refractivity contribution in [2.24, 2.45) is 4.99 Å². The van der Waals surface area contributed by atoms with Crippen molar-refractivity contribution in [1.29, 1.82) is 0 Å². The second-order valence-electron chi connectivity index (χ2n) is 6.48. The number of nitrogens with zero attached hydrogens (tertiary/aromatic N) is 2. The van der Waals surface area contributed by atoms with E-state index < -0.39 is 0 Å². The fourth-order valence-corrected chi connectivity index (χ4v) is 4.37. The lowest BCUT2D eigenvalue weighted by atomic mass is 9.98. The van der Waals surface area contributed by atoms with Crippen molar-refractivity contribution < 1.29 is 0 Å². The number of hydrogen-bond acceptors (Lipinski definition) is 4. The fraction of sp³-hybridized carbons (Fsp3) is 0.0909. The molecule has 1 heterocycles. The van der Waals surface area contributed by atoms with Gasteiger partial charge in [-0.25, -0.2) is 9.98 Å². The van der Waals surface area contributed by atoms with Gasteiger partial charge in [0.05, 0.1) is 21.6 Å². The highest BCUT2D eigenvalue weighted by Crippen LogP contribution is 2.31. The lowest BCUT2D eigenvalue weighted by molar-refractivity contribution is 0.965. The molecule has 1 aliphatic carbocycles. The number of aliphatic imine (C=N–C) groups is 1. The normalized spacial score (nSPS) is 13.2. The Morgan fingerprint density at radius 3 is 2.19 bits per heavy atom. The maximum atomic E-state index is 5.84. The van der Waals surface area contributed by atoms with Crippen LogP contribution in [0.15, 0.2) is 71.7 Å². The molecule has 1 aromatic heterocycles. The zero-order valence-electron chi connectivity index (χ0n) is 14.1. The van der Waals surface area contributed by atoms with Crippen LogP contribution in [0.2, 0.25) is 0 Å². The van der Waals surface area contributed by atoms with E-state index in [0.29, 0.717) is 5.13 Å². The second-order valence-corrected chi connectivity index (χ2v) is 7.54. The molecule has 0 amide bonds. The van der Waals surface area contributed by atoms with Gasteiger partial charge in [-0.3, -0.25) is 0 Å². The van der Waals surface area contributed by atoms with Gasteiger partial charge >= 0.3 is 0 Å². The van der Waals surface area contributed by atoms with Gasteiger partial charge in [-0.15, -0.1) is 0 Å². The van der Waals surface area contributed by atoms with Crippen molar-refractivity contribution in [2.75, 3.05) is 5.73 Å². The topological polar surface area (TPSA) is 51.3 Å². The number of aromatic nitrogens is 1. The van der Waals surface area contributed by atoms with E-state index in [2.05, 4.69) is 59.6 Å². The molecule has 0 bridgehead atoms. The first-order valence-corrected chi connectivity index (χ1v) is 9.51. The fourth-order valence-electron chi connectivity index (χ4n) is 3.60. The molecule has 0 saturated carbocycles. The summed E-state index contributed by atoms with van der Waals surface area (Å²) >= 11 is 1.50. The zero-order valence-corrected chi connectivity index (χ0v) is 15.0. The van der Waals surface area contributed by atoms with Crippen LogP contribution in [0, 0.1) is 0 Å². The maximum Gasteiger partial charge on any atom is 0.181 e. The highest BCUT2D eigenvalue weighted by molar-refractivity contribution is 7.22. The minimum absolute atomic E-state index is 0.593. The third-order valence-electron chi connectivity index (χ3n) is 4.84. The van der Waals surface area contributed by atoms with Crippen LogP contribution in [0.3, 0.4) is 0 Å². The molecular weight excluding hydrogens is 338 g/mol. The Morgan fingerprint density at radius 1 is 0.846 bits per heavy atom. The molecule has 5 rings (SSSR count). The molecular formula is C22H17N3S. The predicted octanol–water partition coefficient (Wildman–Crippen LogP) is 5.15. The largest absolute Gasteiger partial charge is 0.375 e. The summed E-state index contributed by atoms with van der Waals surface area (Å²) in [6.07, 6.45) is 2.08. The van der Waals surface area contributed by atoms with E-state index in [1.54, 1.807) is 0 Å². The van der Waals surface area contributed by atoms with E-state index in [9.17, 15) is 0 Å². The minimum Gasteiger partial charge on any atom is -0.375 e. The number of nitrogens with two attached hydrogens (primary N) is 1. The van der Waals surface area contributed by atoms with E-state index in [4.69, 9.17) is 10.7 Å². The van der Waals surface area contributed by atoms with Gasteiger partial charge in [0.1, 0.15) is 0 Å². The highest BCUT2D eigenvalue weighted by Gasteiger charge is 2.19. The van der Waals surface area contributed by atoms with E-state index in [1.807, 2.05) is 12.1 Å². The summed E-state index contributed by atoms with van der Waals surface area (Å²) in [5, 5.41) is 0.593. The first-order chi connectivity index (χ1) is 12.8. The first kappa shape index (κ1) is 15.3. The van der Waals surface area contributed by atoms with Crippen LogP contribution in [0.1, 0.15) is 22.3 Å². The van der Waals surface area contributed by atoms with Gasteiger partial charge in [-0.05, 0) is 42.2 Å². The molecule has 0 atom stereocenters. The standard InChI is InChI=1S/C22H17N3S/c23-22-25-19-12-11-16(13-20(19)26-22)24-21-17-7-3-1-5-14(17)9-10-15-6-2-4-8-18(15)21/h1-8,11-13H,9-10H2,(H2,23,25). The summed E-state index contributed by atoms with van der Waals surface area (Å²) in [5.74, 6) is 0. The van der Waals surface area contributed by atoms with Gasteiger partial charge in [0.2, 0.25) is 0 Å². The average molecular weight is 355 g/mol. The molecule has 4 heteroatoms. The summed E-state index contributed by atoms with van der Waals surface area (Å²) in [4.78, 5) is 9.41. The van der Waals surface area contributed by atoms with Crippen LogP contribution in [-0.4, -0.2) is 10.7 Å². The number of anilines is 1. The quantitative estimate of drug-likeness (QED) is 0.513. The minimum atomic E-state index is 0.593. The monoisotopic (exact) mass is 355 g/mol. The zero-order chi connectivity index (χ0) is 17.5. The molecule has 3 aromatic carbocycles. The molecule has 1 aliphatic rings. The SMILES string of the molecule is Nc1nc2ccc(N=C3c4ccccc4CCc4ccccc43)cc2s1. The summed E-state index contributed by atoms with van der Waals surface area (Å²) in [6, 6.07) is 23.3. The number of nitrogen functional groups attached to an aromatic ring is 1. The van der Waals surface area contributed by atoms with Crippen LogP contribution in [0.4, 0.5) is 10.8 Å². The van der Waals surface area contributed by atoms with Crippen LogP contribution in [0.5, 0.6) is 0 Å². The molecule has 0 spiro atoms. The number of benzene rings is 3. The summed E-state index contributed by atoms with van der Waals surface area (Å²) in [5.41, 5.74) is 13.9. The van der Waals surface area contributed by atoms with Gasteiger partial charge in [0.25, 0.3) is 0 Å². The summed E-state index contributed by atoms with van der Waals surface area (Å²) < 4.78 is 1.07. The molecule has 26 heavy (non-hydrogen) atoms. The summed E-state index contributed by atoms with van der Waals surface area (Å²) in [6.45, 7) is 0. The Morgan fingerprint density at radius 2 is 1.50 bits per heavy atom. The summed E-state index contributed by atoms with van der Waals surface area (Å²) in [7, 11) is 0. The maximum absolute atomic E-state index is 5.84. The highest BCUT2D eigenvalue weighted by atomic mass is 32.1. The van der Waals surface area contributed by atoms with Crippen molar-refractivity contribution in [3.05, 3.63) is 89.0 Å². The smallest absolute Gasteiger partial charge is 0.181 e. The Kier molecular flexibility index (Phi) is 3.57. The van der Waals surface area contributed by atoms with Crippen molar-refractivity contribution in [2.45, 2.75) is 12.8 Å². The van der Waals surface area contributed by atoms with Crippen LogP contribution in [0.25, 0.3) is 10.2 Å². The van der Waals surface area contributed by atoms with E-state index >= 15 is 0 Å². The molecule has 0 fully saturated rings. The number of thiazole rings is 1. The van der Waals surface area contributed by atoms with Crippen molar-refractivity contribution in [3.63, 3.8) is 0 Å². The molecule has 126 valence electrons. The second kappa shape index (κ2) is 6.07. The molecule has 3 nitrogen and oxygen atoms in total. The van der Waals surface area contributed by atoms with Gasteiger partial charge in [0.15, 0.2) is 5.13 Å². The van der Waals surface area contributed by atoms with Crippen LogP contribution < -0.4 is 5.73 Å². The van der Waals surface area contributed by atoms with Gasteiger partial charge in [-0.2, -0.15) is 0 Å². The Hall–Kier alpha value is -2.98. The van der Waals surface area contributed by atoms with E-state index in [-0.39, 0.29) is 0 Å². The van der Waals surface area contributed by atoms with Gasteiger partial charge in [0, 0.05) is 11.1 Å². The average Bonchev–Trinajstić information content (AvgIpc) is 2.96. The number of rotatable bonds is 1. The number of fused-ring (bicyclic) bond motifs is 3. The van der Waals surface area contributed by atoms with E-state index in [1.165, 1.54) is 33.6 Å². The van der Waals surface area contributed by atoms with Gasteiger partial charge < -0.3 is 5.73 Å². The molecule has 0 radical (unpaired) electrons. The Labute approximate surface area is 155 Å². The van der Waals surface area contributed by atoms with Crippen LogP contribution in [-0.2, 0) is 12.8 Å². The van der Waals surface area contributed by atoms with E-state index in [0.717, 1.165) is 34.5 Å². The molecule has 0 aliphatic heterocycles. The molecule has 0 saturated heterocycles. The lowest BCUT2D eigenvalue weighted by Gasteiger charge is -2.10. The number of hydrogen-bond donors (Lipinski definition) is 1. The van der Waals surface area contributed by atoms with Crippen molar-refractivity contribution >= 4 is 38.1 Å². The molecule has 2 N–H and O–H groups in total. The van der Waals surface area contributed by atoms with Crippen molar-refractivity contribution in [3.8, 4) is 0 Å². The van der Waals surface area contributed by atoms with Gasteiger partial charge in [-0.1, -0.05) is 59.9 Å². The first-order valence-electron chi connectivity index (χ1n) is 8.69. The molecule has 0 unspecified atom stereocenters. The third-order valence-corrected chi connectivity index (χ3v) is 5.69. The predicted molar refractivity (Wildman–Crippen MR) is 110 cm³/mol. The molecule has 4 aromatic rings. The Bertz CT molecular complexity index is 1110. The third kappa shape index (κ3) is 2.59. The lowest BCUT2D eigenvalue weighted by Crippen LogP contribution is -2.05. The Balaban J connectivity index is 1.74. The van der Waals surface area contributed by atoms with Crippen molar-refractivity contribution in [1.82, 2.24) is 4.98 Å². The van der Waals surface area contributed by atoms with Crippen LogP contribution >= 0.6 is 11.3 Å². The number of aryl methyl sites for hydroxylation is 2.